The number of hydrogen-bond donors (Lipinski definition) is 0. The monoisotopic (exact) mass is 503 g/mol. The van der Waals surface area contributed by atoms with Crippen LogP contribution in [0.3, 0.4) is 0 Å². The van der Waals surface area contributed by atoms with Gasteiger partial charge < -0.3 is 14.2 Å². The van der Waals surface area contributed by atoms with E-state index in [0.717, 1.165) is 38.5 Å². The maximum absolute atomic E-state index is 14.1. The number of piperazine rings is 1. The van der Waals surface area contributed by atoms with Crippen LogP contribution in [0.15, 0.2) is 36.0 Å². The Bertz CT molecular complexity index is 1160. The molecule has 1 amide bonds. The van der Waals surface area contributed by atoms with Crippen LogP contribution in [0.2, 0.25) is 5.02 Å². The third kappa shape index (κ3) is 5.17. The molecule has 7 nitrogen and oxygen atoms in total. The smallest absolute Gasteiger partial charge is 0.282 e. The Labute approximate surface area is 207 Å². The third-order valence-corrected chi connectivity index (χ3v) is 7.63. The number of imidazole rings is 1. The van der Waals surface area contributed by atoms with Crippen LogP contribution in [0.4, 0.5) is 4.39 Å². The van der Waals surface area contributed by atoms with Crippen molar-refractivity contribution in [2.45, 2.75) is 45.0 Å². The Morgan fingerprint density at radius 1 is 1.35 bits per heavy atom. The van der Waals surface area contributed by atoms with Crippen molar-refractivity contribution in [3.05, 3.63) is 68.9 Å². The van der Waals surface area contributed by atoms with Crippen LogP contribution in [0.5, 0.6) is 0 Å². The second-order valence-electron chi connectivity index (χ2n) is 8.90. The van der Waals surface area contributed by atoms with Gasteiger partial charge in [0.2, 0.25) is 0 Å². The van der Waals surface area contributed by atoms with Gasteiger partial charge >= 0.3 is 0 Å². The fourth-order valence-corrected chi connectivity index (χ4v) is 5.33. The summed E-state index contributed by atoms with van der Waals surface area (Å²) in [6, 6.07) is 4.81. The average molecular weight is 504 g/mol. The molecule has 2 aromatic heterocycles. The normalized spacial score (nSPS) is 21.0. The molecule has 10 heteroatoms. The second kappa shape index (κ2) is 10.1. The minimum Gasteiger partial charge on any atom is -0.376 e. The highest BCUT2D eigenvalue weighted by atomic mass is 35.5. The van der Waals surface area contributed by atoms with Gasteiger partial charge in [-0.2, -0.15) is 0 Å². The first-order valence-electron chi connectivity index (χ1n) is 11.5. The highest BCUT2D eigenvalue weighted by Gasteiger charge is 2.30. The highest BCUT2D eigenvalue weighted by Crippen LogP contribution is 2.22. The lowest BCUT2D eigenvalue weighted by atomic mass is 10.1. The molecule has 5 rings (SSSR count). The van der Waals surface area contributed by atoms with Gasteiger partial charge in [-0.25, -0.2) is 14.4 Å². The van der Waals surface area contributed by atoms with E-state index in [0.29, 0.717) is 46.9 Å². The number of ether oxygens (including phenoxy) is 1. The standard InChI is InChI=1S/C24H27ClFN5O2S/c1-16-12-31(8-7-29(16)14-22-27-5-6-30(22)13-20-4-9-33-20)24(32)23-28-19(15-34-23)10-17-2-3-18(25)11-21(17)26/h2-3,5-6,11,15-16,20H,4,7-10,12-14H2,1H3/t16-,20-/m0/s1. The molecule has 4 heterocycles. The van der Waals surface area contributed by atoms with Gasteiger partial charge in [0, 0.05) is 61.5 Å². The van der Waals surface area contributed by atoms with Gasteiger partial charge in [0.15, 0.2) is 5.01 Å². The zero-order valence-corrected chi connectivity index (χ0v) is 20.6. The van der Waals surface area contributed by atoms with Gasteiger partial charge in [-0.3, -0.25) is 9.69 Å². The lowest BCUT2D eigenvalue weighted by Crippen LogP contribution is -2.53. The Balaban J connectivity index is 1.17. The molecule has 0 aliphatic carbocycles. The molecule has 34 heavy (non-hydrogen) atoms. The zero-order chi connectivity index (χ0) is 23.7. The quantitative estimate of drug-likeness (QED) is 0.490. The van der Waals surface area contributed by atoms with Gasteiger partial charge in [0.1, 0.15) is 11.6 Å². The number of rotatable bonds is 7. The molecule has 2 fully saturated rings. The molecule has 2 aliphatic rings. The predicted molar refractivity (Wildman–Crippen MR) is 129 cm³/mol. The van der Waals surface area contributed by atoms with Crippen molar-refractivity contribution >= 4 is 28.8 Å². The molecule has 2 saturated heterocycles. The first kappa shape index (κ1) is 23.4. The fraction of sp³-hybridized carbons (Fsp3) is 0.458. The van der Waals surface area contributed by atoms with Crippen LogP contribution >= 0.6 is 22.9 Å². The first-order valence-corrected chi connectivity index (χ1v) is 12.8. The number of amides is 1. The van der Waals surface area contributed by atoms with Crippen LogP contribution < -0.4 is 0 Å². The van der Waals surface area contributed by atoms with Gasteiger partial charge in [-0.15, -0.1) is 11.3 Å². The van der Waals surface area contributed by atoms with Crippen LogP contribution in [-0.2, 0) is 24.2 Å². The number of aromatic nitrogens is 3. The average Bonchev–Trinajstić information content (AvgIpc) is 3.43. The van der Waals surface area contributed by atoms with Crippen LogP contribution in [0.25, 0.3) is 0 Å². The molecule has 0 radical (unpaired) electrons. The van der Waals surface area contributed by atoms with Gasteiger partial charge in [0.05, 0.1) is 24.9 Å². The Morgan fingerprint density at radius 2 is 2.21 bits per heavy atom. The Morgan fingerprint density at radius 3 is 2.94 bits per heavy atom. The van der Waals surface area contributed by atoms with Gasteiger partial charge in [-0.05, 0) is 31.0 Å². The molecule has 2 aliphatic heterocycles. The van der Waals surface area contributed by atoms with Crippen molar-refractivity contribution in [3.8, 4) is 0 Å². The van der Waals surface area contributed by atoms with E-state index in [1.165, 1.54) is 17.4 Å². The van der Waals surface area contributed by atoms with Crippen molar-refractivity contribution < 1.29 is 13.9 Å². The molecule has 0 spiro atoms. The summed E-state index contributed by atoms with van der Waals surface area (Å²) in [6.07, 6.45) is 5.57. The molecule has 0 unspecified atom stereocenters. The molecule has 1 aromatic carbocycles. The second-order valence-corrected chi connectivity index (χ2v) is 10.2. The number of carbonyl (C=O) groups excluding carboxylic acids is 1. The largest absolute Gasteiger partial charge is 0.376 e. The van der Waals surface area contributed by atoms with E-state index in [4.69, 9.17) is 16.3 Å². The highest BCUT2D eigenvalue weighted by molar-refractivity contribution is 7.11. The summed E-state index contributed by atoms with van der Waals surface area (Å²) in [5.41, 5.74) is 1.20. The maximum atomic E-state index is 14.1. The molecular formula is C24H27ClFN5O2S. The lowest BCUT2D eigenvalue weighted by molar-refractivity contribution is -0.0599. The Hall–Kier alpha value is -2.33. The first-order chi connectivity index (χ1) is 16.5. The van der Waals surface area contributed by atoms with Gasteiger partial charge in [0.25, 0.3) is 5.91 Å². The predicted octanol–water partition coefficient (Wildman–Crippen LogP) is 3.86. The number of carbonyl (C=O) groups is 1. The summed E-state index contributed by atoms with van der Waals surface area (Å²) in [6.45, 7) is 6.61. The SMILES string of the molecule is C[C@H]1CN(C(=O)c2nc(Cc3ccc(Cl)cc3F)cs2)CCN1Cc1nccn1C[C@@H]1CCO1. The summed E-state index contributed by atoms with van der Waals surface area (Å²) in [4.78, 5) is 26.4. The summed E-state index contributed by atoms with van der Waals surface area (Å²) in [5.74, 6) is 0.600. The molecule has 180 valence electrons. The minimum absolute atomic E-state index is 0.0667. The molecule has 3 aromatic rings. The molecular weight excluding hydrogens is 477 g/mol. The topological polar surface area (TPSA) is 63.5 Å². The number of hydrogen-bond acceptors (Lipinski definition) is 6. The number of halogens is 2. The minimum atomic E-state index is -0.362. The summed E-state index contributed by atoms with van der Waals surface area (Å²) in [5, 5.41) is 2.63. The summed E-state index contributed by atoms with van der Waals surface area (Å²) < 4.78 is 21.9. The van der Waals surface area contributed by atoms with Crippen molar-refractivity contribution in [2.24, 2.45) is 0 Å². The van der Waals surface area contributed by atoms with Crippen molar-refractivity contribution in [1.29, 1.82) is 0 Å². The number of thiazole rings is 1. The number of nitrogens with zero attached hydrogens (tertiary/aromatic N) is 5. The summed E-state index contributed by atoms with van der Waals surface area (Å²) in [7, 11) is 0. The van der Waals surface area contributed by atoms with E-state index in [1.54, 1.807) is 12.1 Å². The van der Waals surface area contributed by atoms with Crippen molar-refractivity contribution in [2.75, 3.05) is 26.2 Å². The molecule has 0 saturated carbocycles. The van der Waals surface area contributed by atoms with E-state index >= 15 is 0 Å². The van der Waals surface area contributed by atoms with E-state index in [-0.39, 0.29) is 17.8 Å². The molecule has 2 atom stereocenters. The van der Waals surface area contributed by atoms with E-state index in [1.807, 2.05) is 22.7 Å². The zero-order valence-electron chi connectivity index (χ0n) is 19.0. The summed E-state index contributed by atoms with van der Waals surface area (Å²) >= 11 is 7.14. The molecule has 0 bridgehead atoms. The van der Waals surface area contributed by atoms with Crippen LogP contribution in [0.1, 0.15) is 40.2 Å². The van der Waals surface area contributed by atoms with E-state index in [9.17, 15) is 9.18 Å². The number of benzene rings is 1. The maximum Gasteiger partial charge on any atom is 0.282 e. The van der Waals surface area contributed by atoms with E-state index in [2.05, 4.69) is 26.4 Å². The van der Waals surface area contributed by atoms with Crippen molar-refractivity contribution in [3.63, 3.8) is 0 Å². The third-order valence-electron chi connectivity index (χ3n) is 6.51. The van der Waals surface area contributed by atoms with Crippen LogP contribution in [-0.4, -0.2) is 68.6 Å². The Kier molecular flexibility index (Phi) is 6.96. The fourth-order valence-electron chi connectivity index (χ4n) is 4.38. The van der Waals surface area contributed by atoms with Crippen molar-refractivity contribution in [1.82, 2.24) is 24.3 Å². The van der Waals surface area contributed by atoms with Crippen LogP contribution in [0, 0.1) is 5.82 Å². The molecule has 0 N–H and O–H groups in total. The van der Waals surface area contributed by atoms with Gasteiger partial charge in [-0.1, -0.05) is 17.7 Å². The lowest BCUT2D eigenvalue weighted by Gasteiger charge is -2.39. The van der Waals surface area contributed by atoms with E-state index < -0.39 is 0 Å².